The smallest absolute Gasteiger partial charge is 0.243 e. The Morgan fingerprint density at radius 1 is 1.30 bits per heavy atom. The van der Waals surface area contributed by atoms with E-state index in [1.165, 1.54) is 10.6 Å². The summed E-state index contributed by atoms with van der Waals surface area (Å²) in [5.74, 6) is 1.08. The molecule has 0 aromatic carbocycles. The highest BCUT2D eigenvalue weighted by Crippen LogP contribution is 2.18. The Morgan fingerprint density at radius 2 is 1.91 bits per heavy atom. The van der Waals surface area contributed by atoms with Gasteiger partial charge < -0.3 is 9.88 Å². The third-order valence-corrected chi connectivity index (χ3v) is 5.58. The minimum Gasteiger partial charge on any atom is -0.351 e. The predicted molar refractivity (Wildman–Crippen MR) is 88.6 cm³/mol. The minimum atomic E-state index is -3.14. The summed E-state index contributed by atoms with van der Waals surface area (Å²) in [5.41, 5.74) is 0. The second kappa shape index (κ2) is 7.00. The molecule has 0 saturated carbocycles. The van der Waals surface area contributed by atoms with E-state index in [4.69, 9.17) is 0 Å². The second-order valence-corrected chi connectivity index (χ2v) is 8.45. The van der Waals surface area contributed by atoms with Crippen molar-refractivity contribution in [2.45, 2.75) is 51.6 Å². The largest absolute Gasteiger partial charge is 0.351 e. The zero-order valence-electron chi connectivity index (χ0n) is 14.2. The van der Waals surface area contributed by atoms with Gasteiger partial charge in [-0.25, -0.2) is 17.7 Å². The number of sulfonamides is 1. The average Bonchev–Trinajstić information content (AvgIpc) is 2.95. The normalized spacial score (nSPS) is 19.0. The van der Waals surface area contributed by atoms with Crippen molar-refractivity contribution in [1.29, 1.82) is 0 Å². The molecule has 2 heterocycles. The van der Waals surface area contributed by atoms with Crippen molar-refractivity contribution in [3.8, 4) is 0 Å². The van der Waals surface area contributed by atoms with Gasteiger partial charge in [0.15, 0.2) is 0 Å². The number of hydrogen-bond donors (Lipinski definition) is 1. The van der Waals surface area contributed by atoms with Crippen molar-refractivity contribution in [2.75, 3.05) is 19.3 Å². The highest BCUT2D eigenvalue weighted by atomic mass is 32.2. The number of imidazole rings is 1. The van der Waals surface area contributed by atoms with E-state index in [-0.39, 0.29) is 23.9 Å². The Labute approximate surface area is 138 Å². The van der Waals surface area contributed by atoms with Crippen LogP contribution in [0.1, 0.15) is 51.4 Å². The van der Waals surface area contributed by atoms with Gasteiger partial charge in [-0.15, -0.1) is 0 Å². The Kier molecular flexibility index (Phi) is 5.46. The molecule has 1 aromatic heterocycles. The number of piperidine rings is 1. The summed E-state index contributed by atoms with van der Waals surface area (Å²) in [6, 6.07) is -0.309. The van der Waals surface area contributed by atoms with Crippen LogP contribution in [-0.2, 0) is 14.8 Å². The Morgan fingerprint density at radius 3 is 2.43 bits per heavy atom. The summed E-state index contributed by atoms with van der Waals surface area (Å²) in [6.45, 7) is 6.87. The summed E-state index contributed by atoms with van der Waals surface area (Å²) in [4.78, 5) is 16.8. The highest BCUT2D eigenvalue weighted by Gasteiger charge is 2.27. The van der Waals surface area contributed by atoms with Gasteiger partial charge >= 0.3 is 0 Å². The second-order valence-electron chi connectivity index (χ2n) is 6.47. The number of rotatable bonds is 5. The molecule has 1 aromatic rings. The number of amides is 1. The van der Waals surface area contributed by atoms with Crippen LogP contribution in [0, 0.1) is 0 Å². The monoisotopic (exact) mass is 342 g/mol. The molecule has 1 amide bonds. The quantitative estimate of drug-likeness (QED) is 0.869. The number of carbonyl (C=O) groups excluding carboxylic acids is 1. The van der Waals surface area contributed by atoms with Crippen LogP contribution >= 0.6 is 0 Å². The molecule has 7 nitrogen and oxygen atoms in total. The molecule has 130 valence electrons. The number of nitrogens with zero attached hydrogens (tertiary/aromatic N) is 3. The summed E-state index contributed by atoms with van der Waals surface area (Å²) < 4.78 is 26.4. The van der Waals surface area contributed by atoms with Gasteiger partial charge in [0.25, 0.3) is 0 Å². The van der Waals surface area contributed by atoms with Gasteiger partial charge in [-0.3, -0.25) is 4.79 Å². The van der Waals surface area contributed by atoms with E-state index in [0.717, 1.165) is 5.82 Å². The van der Waals surface area contributed by atoms with E-state index >= 15 is 0 Å². The molecule has 1 aliphatic rings. The first kappa shape index (κ1) is 17.9. The maximum Gasteiger partial charge on any atom is 0.243 e. The van der Waals surface area contributed by atoms with Crippen LogP contribution < -0.4 is 5.32 Å². The molecule has 1 saturated heterocycles. The maximum atomic E-state index is 12.5. The van der Waals surface area contributed by atoms with Crippen molar-refractivity contribution in [3.63, 3.8) is 0 Å². The first-order valence-corrected chi connectivity index (χ1v) is 9.83. The van der Waals surface area contributed by atoms with Crippen molar-refractivity contribution < 1.29 is 13.2 Å². The fraction of sp³-hybridized carbons (Fsp3) is 0.733. The fourth-order valence-electron chi connectivity index (χ4n) is 2.88. The van der Waals surface area contributed by atoms with E-state index < -0.39 is 10.0 Å². The average molecular weight is 342 g/mol. The van der Waals surface area contributed by atoms with Gasteiger partial charge in [0.05, 0.1) is 6.26 Å². The molecule has 2 rings (SSSR count). The number of aromatic nitrogens is 2. The summed E-state index contributed by atoms with van der Waals surface area (Å²) in [7, 11) is -3.14. The van der Waals surface area contributed by atoms with Crippen LogP contribution in [0.4, 0.5) is 0 Å². The molecule has 8 heteroatoms. The van der Waals surface area contributed by atoms with E-state index in [0.29, 0.717) is 25.9 Å². The molecule has 1 atom stereocenters. The first-order valence-electron chi connectivity index (χ1n) is 7.98. The Balaban J connectivity index is 1.94. The summed E-state index contributed by atoms with van der Waals surface area (Å²) in [6.07, 6.45) is 6.05. The van der Waals surface area contributed by atoms with Crippen molar-refractivity contribution in [3.05, 3.63) is 18.2 Å². The van der Waals surface area contributed by atoms with Gasteiger partial charge in [0, 0.05) is 37.4 Å². The third kappa shape index (κ3) is 4.32. The molecule has 23 heavy (non-hydrogen) atoms. The molecule has 0 unspecified atom stereocenters. The molecular weight excluding hydrogens is 316 g/mol. The van der Waals surface area contributed by atoms with Crippen molar-refractivity contribution in [1.82, 2.24) is 19.2 Å². The maximum absolute atomic E-state index is 12.5. The number of hydrogen-bond acceptors (Lipinski definition) is 4. The van der Waals surface area contributed by atoms with Crippen LogP contribution in [0.5, 0.6) is 0 Å². The van der Waals surface area contributed by atoms with Gasteiger partial charge in [-0.05, 0) is 19.8 Å². The lowest BCUT2D eigenvalue weighted by molar-refractivity contribution is -0.124. The van der Waals surface area contributed by atoms with E-state index in [1.54, 1.807) is 6.20 Å². The van der Waals surface area contributed by atoms with Gasteiger partial charge in [0.2, 0.25) is 15.9 Å². The SMILES string of the molecule is CC(C)c1nccn1[C@@H](C)C(=O)NC1CCN(S(C)(=O)=O)CC1. The lowest BCUT2D eigenvalue weighted by Crippen LogP contribution is -2.47. The van der Waals surface area contributed by atoms with E-state index in [2.05, 4.69) is 10.3 Å². The summed E-state index contributed by atoms with van der Waals surface area (Å²) in [5, 5.41) is 3.04. The molecule has 0 spiro atoms. The van der Waals surface area contributed by atoms with Gasteiger partial charge in [-0.2, -0.15) is 0 Å². The Hall–Kier alpha value is -1.41. The molecule has 0 radical (unpaired) electrons. The molecule has 1 N–H and O–H groups in total. The third-order valence-electron chi connectivity index (χ3n) is 4.28. The minimum absolute atomic E-state index is 0.0222. The predicted octanol–water partition coefficient (Wildman–Crippen LogP) is 1.11. The Bertz CT molecular complexity index is 645. The zero-order valence-corrected chi connectivity index (χ0v) is 15.0. The fourth-order valence-corrected chi connectivity index (χ4v) is 3.75. The van der Waals surface area contributed by atoms with Crippen molar-refractivity contribution >= 4 is 15.9 Å². The van der Waals surface area contributed by atoms with Crippen LogP contribution in [0.3, 0.4) is 0 Å². The standard InChI is InChI=1S/C15H26N4O3S/c1-11(2)14-16-7-10-19(14)12(3)15(20)17-13-5-8-18(9-6-13)23(4,21)22/h7,10-13H,5-6,8-9H2,1-4H3,(H,17,20)/t12-/m0/s1. The lowest BCUT2D eigenvalue weighted by atomic mass is 10.1. The van der Waals surface area contributed by atoms with E-state index in [1.807, 2.05) is 31.5 Å². The lowest BCUT2D eigenvalue weighted by Gasteiger charge is -2.31. The van der Waals surface area contributed by atoms with Crippen LogP contribution in [-0.4, -0.2) is 53.6 Å². The van der Waals surface area contributed by atoms with Crippen molar-refractivity contribution in [2.24, 2.45) is 0 Å². The highest BCUT2D eigenvalue weighted by molar-refractivity contribution is 7.88. The van der Waals surface area contributed by atoms with E-state index in [9.17, 15) is 13.2 Å². The molecule has 1 fully saturated rings. The molecule has 0 aliphatic carbocycles. The first-order chi connectivity index (χ1) is 10.7. The number of carbonyl (C=O) groups is 1. The van der Waals surface area contributed by atoms with Gasteiger partial charge in [0.1, 0.15) is 11.9 Å². The van der Waals surface area contributed by atoms with Crippen LogP contribution in [0.15, 0.2) is 12.4 Å². The molecular formula is C15H26N4O3S. The topological polar surface area (TPSA) is 84.3 Å². The van der Waals surface area contributed by atoms with Crippen LogP contribution in [0.25, 0.3) is 0 Å². The zero-order chi connectivity index (χ0) is 17.2. The molecule has 1 aliphatic heterocycles. The number of nitrogens with one attached hydrogen (secondary N) is 1. The molecule has 0 bridgehead atoms. The van der Waals surface area contributed by atoms with Gasteiger partial charge in [-0.1, -0.05) is 13.8 Å². The summed E-state index contributed by atoms with van der Waals surface area (Å²) >= 11 is 0. The van der Waals surface area contributed by atoms with Crippen LogP contribution in [0.2, 0.25) is 0 Å².